The van der Waals surface area contributed by atoms with Crippen LogP contribution in [-0.2, 0) is 11.3 Å². The lowest BCUT2D eigenvalue weighted by atomic mass is 9.88. The molecule has 2 aliphatic heterocycles. The zero-order chi connectivity index (χ0) is 23.2. The number of nitro groups is 1. The SMILES string of the molecule is CC1=CC(C)(C)N(C)c2ccc(/C=C3\SC(=O)N(Cc4ccc([N+](=O)[O-])cc4)C3=O)cc21. The molecule has 2 heterocycles. The fraction of sp³-hybridized carbons (Fsp3) is 0.250. The Balaban J connectivity index is 1.57. The minimum Gasteiger partial charge on any atom is -0.366 e. The second-order valence-corrected chi connectivity index (χ2v) is 9.50. The van der Waals surface area contributed by atoms with E-state index in [-0.39, 0.29) is 28.9 Å². The van der Waals surface area contributed by atoms with E-state index < -0.39 is 4.92 Å². The number of rotatable bonds is 4. The van der Waals surface area contributed by atoms with Crippen molar-refractivity contribution < 1.29 is 14.5 Å². The first-order chi connectivity index (χ1) is 15.1. The van der Waals surface area contributed by atoms with Gasteiger partial charge in [0.2, 0.25) is 0 Å². The third-order valence-electron chi connectivity index (χ3n) is 5.90. The Hall–Kier alpha value is -3.39. The maximum atomic E-state index is 12.9. The summed E-state index contributed by atoms with van der Waals surface area (Å²) in [5.74, 6) is -0.360. The lowest BCUT2D eigenvalue weighted by molar-refractivity contribution is -0.384. The van der Waals surface area contributed by atoms with Gasteiger partial charge in [0.15, 0.2) is 0 Å². The number of carbonyl (C=O) groups excluding carboxylic acids is 2. The van der Waals surface area contributed by atoms with Gasteiger partial charge in [-0.25, -0.2) is 0 Å². The van der Waals surface area contributed by atoms with Crippen LogP contribution in [0.5, 0.6) is 0 Å². The molecular formula is C24H23N3O4S. The highest BCUT2D eigenvalue weighted by molar-refractivity contribution is 8.18. The summed E-state index contributed by atoms with van der Waals surface area (Å²) >= 11 is 0.908. The molecule has 0 N–H and O–H groups in total. The first-order valence-electron chi connectivity index (χ1n) is 10.1. The van der Waals surface area contributed by atoms with Crippen molar-refractivity contribution in [2.75, 3.05) is 11.9 Å². The van der Waals surface area contributed by atoms with Crippen LogP contribution in [0.1, 0.15) is 37.5 Å². The van der Waals surface area contributed by atoms with Crippen molar-refractivity contribution in [1.29, 1.82) is 0 Å². The zero-order valence-electron chi connectivity index (χ0n) is 18.3. The third-order valence-corrected chi connectivity index (χ3v) is 6.81. The van der Waals surface area contributed by atoms with Gasteiger partial charge in [-0.3, -0.25) is 24.6 Å². The van der Waals surface area contributed by atoms with Crippen LogP contribution in [0.15, 0.2) is 53.4 Å². The first kappa shape index (κ1) is 21.8. The fourth-order valence-electron chi connectivity index (χ4n) is 3.96. The van der Waals surface area contributed by atoms with E-state index in [0.29, 0.717) is 10.5 Å². The van der Waals surface area contributed by atoms with Crippen molar-refractivity contribution >= 4 is 45.9 Å². The van der Waals surface area contributed by atoms with Gasteiger partial charge in [-0.2, -0.15) is 0 Å². The van der Waals surface area contributed by atoms with Gasteiger partial charge >= 0.3 is 0 Å². The smallest absolute Gasteiger partial charge is 0.293 e. The number of allylic oxidation sites excluding steroid dienone is 1. The van der Waals surface area contributed by atoms with Gasteiger partial charge < -0.3 is 4.90 Å². The van der Waals surface area contributed by atoms with Gasteiger partial charge in [-0.1, -0.05) is 24.3 Å². The number of non-ortho nitro benzene ring substituents is 1. The predicted octanol–water partition coefficient (Wildman–Crippen LogP) is 5.46. The molecule has 0 aliphatic carbocycles. The average Bonchev–Trinajstić information content (AvgIpc) is 2.99. The van der Waals surface area contributed by atoms with Crippen LogP contribution in [0.3, 0.4) is 0 Å². The summed E-state index contributed by atoms with van der Waals surface area (Å²) < 4.78 is 0. The van der Waals surface area contributed by atoms with Crippen molar-refractivity contribution in [3.63, 3.8) is 0 Å². The highest BCUT2D eigenvalue weighted by atomic mass is 32.2. The van der Waals surface area contributed by atoms with Crippen molar-refractivity contribution in [1.82, 2.24) is 4.90 Å². The van der Waals surface area contributed by atoms with Gasteiger partial charge in [0.25, 0.3) is 16.8 Å². The summed E-state index contributed by atoms with van der Waals surface area (Å²) in [6.07, 6.45) is 3.96. The second-order valence-electron chi connectivity index (χ2n) is 8.51. The molecule has 32 heavy (non-hydrogen) atoms. The number of amides is 2. The molecular weight excluding hydrogens is 426 g/mol. The molecule has 2 aromatic carbocycles. The third kappa shape index (κ3) is 3.93. The number of nitrogens with zero attached hydrogens (tertiary/aromatic N) is 3. The molecule has 2 amide bonds. The molecule has 4 rings (SSSR count). The monoisotopic (exact) mass is 449 g/mol. The molecule has 0 saturated carbocycles. The van der Waals surface area contributed by atoms with E-state index in [4.69, 9.17) is 0 Å². The van der Waals surface area contributed by atoms with E-state index in [1.54, 1.807) is 18.2 Å². The zero-order valence-corrected chi connectivity index (χ0v) is 19.1. The first-order valence-corrected chi connectivity index (χ1v) is 10.9. The number of thioether (sulfide) groups is 1. The quantitative estimate of drug-likeness (QED) is 0.350. The van der Waals surface area contributed by atoms with Gasteiger partial charge in [-0.05, 0) is 67.4 Å². The minimum atomic E-state index is -0.485. The summed E-state index contributed by atoms with van der Waals surface area (Å²) in [5.41, 5.74) is 4.78. The Kier molecular flexibility index (Phi) is 5.42. The largest absolute Gasteiger partial charge is 0.366 e. The maximum Gasteiger partial charge on any atom is 0.293 e. The van der Waals surface area contributed by atoms with Crippen LogP contribution in [0.2, 0.25) is 0 Å². The van der Waals surface area contributed by atoms with Crippen LogP contribution >= 0.6 is 11.8 Å². The Morgan fingerprint density at radius 1 is 1.12 bits per heavy atom. The molecule has 1 fully saturated rings. The number of benzene rings is 2. The van der Waals surface area contributed by atoms with Crippen molar-refractivity contribution in [3.8, 4) is 0 Å². The van der Waals surface area contributed by atoms with E-state index >= 15 is 0 Å². The molecule has 0 aromatic heterocycles. The number of likely N-dealkylation sites (N-methyl/N-ethyl adjacent to an activating group) is 1. The topological polar surface area (TPSA) is 83.8 Å². The number of fused-ring (bicyclic) bond motifs is 1. The molecule has 0 bridgehead atoms. The molecule has 164 valence electrons. The molecule has 0 radical (unpaired) electrons. The summed E-state index contributed by atoms with van der Waals surface area (Å²) in [5, 5.41) is 10.5. The van der Waals surface area contributed by atoms with Crippen LogP contribution < -0.4 is 4.90 Å². The van der Waals surface area contributed by atoms with E-state index in [9.17, 15) is 19.7 Å². The maximum absolute atomic E-state index is 12.9. The molecule has 0 atom stereocenters. The van der Waals surface area contributed by atoms with E-state index in [1.165, 1.54) is 17.7 Å². The Morgan fingerprint density at radius 3 is 2.47 bits per heavy atom. The lowest BCUT2D eigenvalue weighted by Crippen LogP contribution is -2.42. The van der Waals surface area contributed by atoms with Gasteiger partial charge in [0.05, 0.1) is 21.9 Å². The predicted molar refractivity (Wildman–Crippen MR) is 127 cm³/mol. The van der Waals surface area contributed by atoms with Crippen molar-refractivity contribution in [3.05, 3.63) is 80.3 Å². The fourth-order valence-corrected chi connectivity index (χ4v) is 4.80. The number of carbonyl (C=O) groups is 2. The summed E-state index contributed by atoms with van der Waals surface area (Å²) in [7, 11) is 2.06. The molecule has 0 spiro atoms. The van der Waals surface area contributed by atoms with E-state index in [1.807, 2.05) is 18.2 Å². The Morgan fingerprint density at radius 2 is 1.81 bits per heavy atom. The lowest BCUT2D eigenvalue weighted by Gasteiger charge is -2.40. The summed E-state index contributed by atoms with van der Waals surface area (Å²) in [6, 6.07) is 11.9. The van der Waals surface area contributed by atoms with Gasteiger partial charge in [0.1, 0.15) is 0 Å². The number of hydrogen-bond donors (Lipinski definition) is 0. The molecule has 1 saturated heterocycles. The summed E-state index contributed by atoms with van der Waals surface area (Å²) in [6.45, 7) is 6.48. The standard InChI is InChI=1S/C24H23N3O4S/c1-15-13-24(2,3)25(4)20-10-7-17(11-19(15)20)12-21-22(28)26(23(29)32-21)14-16-5-8-18(9-6-16)27(30)31/h5-13H,14H2,1-4H3/b21-12-. The number of nitro benzene ring substituents is 1. The van der Waals surface area contributed by atoms with Gasteiger partial charge in [-0.15, -0.1) is 0 Å². The Labute approximate surface area is 190 Å². The number of hydrogen-bond acceptors (Lipinski definition) is 6. The molecule has 8 heteroatoms. The molecule has 7 nitrogen and oxygen atoms in total. The van der Waals surface area contributed by atoms with Crippen molar-refractivity contribution in [2.45, 2.75) is 32.9 Å². The minimum absolute atomic E-state index is 0.0337. The van der Waals surface area contributed by atoms with Crippen LogP contribution in [0.25, 0.3) is 11.6 Å². The highest BCUT2D eigenvalue weighted by Crippen LogP contribution is 2.39. The average molecular weight is 450 g/mol. The second kappa shape index (κ2) is 7.94. The van der Waals surface area contributed by atoms with Crippen LogP contribution in [-0.4, -0.2) is 33.6 Å². The number of anilines is 1. The molecule has 2 aromatic rings. The number of imide groups is 1. The summed E-state index contributed by atoms with van der Waals surface area (Å²) in [4.78, 5) is 39.4. The van der Waals surface area contributed by atoms with Crippen molar-refractivity contribution in [2.24, 2.45) is 0 Å². The van der Waals surface area contributed by atoms with E-state index in [2.05, 4.69) is 38.8 Å². The normalized spacial score (nSPS) is 18.8. The van der Waals surface area contributed by atoms with Crippen LogP contribution in [0, 0.1) is 10.1 Å². The van der Waals surface area contributed by atoms with Crippen LogP contribution in [0.4, 0.5) is 16.2 Å². The highest BCUT2D eigenvalue weighted by Gasteiger charge is 2.35. The Bertz CT molecular complexity index is 1200. The molecule has 2 aliphatic rings. The van der Waals surface area contributed by atoms with Gasteiger partial charge in [0, 0.05) is 30.4 Å². The van der Waals surface area contributed by atoms with E-state index in [0.717, 1.165) is 33.5 Å². The molecule has 0 unspecified atom stereocenters.